The predicted octanol–water partition coefficient (Wildman–Crippen LogP) is 3.99. The van der Waals surface area contributed by atoms with Crippen LogP contribution in [0.2, 0.25) is 0 Å². The molecule has 3 amide bonds. The first-order chi connectivity index (χ1) is 16.2. The Bertz CT molecular complexity index is 1320. The Morgan fingerprint density at radius 1 is 1.12 bits per heavy atom. The van der Waals surface area contributed by atoms with Gasteiger partial charge >= 0.3 is 0 Å². The van der Waals surface area contributed by atoms with Crippen molar-refractivity contribution in [1.82, 2.24) is 4.31 Å². The van der Waals surface area contributed by atoms with Gasteiger partial charge in [0.15, 0.2) is 0 Å². The van der Waals surface area contributed by atoms with Gasteiger partial charge in [0.1, 0.15) is 6.04 Å². The molecule has 34 heavy (non-hydrogen) atoms. The number of nitrogens with one attached hydrogen (secondary N) is 1. The minimum Gasteiger partial charge on any atom is -0.326 e. The minimum atomic E-state index is -4.09. The number of rotatable bonds is 7. The molecule has 1 aliphatic rings. The highest BCUT2D eigenvalue weighted by atomic mass is 79.9. The van der Waals surface area contributed by atoms with Crippen molar-refractivity contribution in [2.24, 2.45) is 0 Å². The Morgan fingerprint density at radius 2 is 1.79 bits per heavy atom. The summed E-state index contributed by atoms with van der Waals surface area (Å²) in [5.74, 6) is -1.36. The van der Waals surface area contributed by atoms with Crippen molar-refractivity contribution in [2.45, 2.75) is 30.8 Å². The fraction of sp³-hybridized carbons (Fsp3) is 0.174. The third-order valence-corrected chi connectivity index (χ3v) is 8.49. The molecule has 2 aromatic carbocycles. The highest BCUT2D eigenvalue weighted by Gasteiger charge is 2.47. The van der Waals surface area contributed by atoms with E-state index >= 15 is 0 Å². The lowest BCUT2D eigenvalue weighted by Gasteiger charge is -2.26. The van der Waals surface area contributed by atoms with Gasteiger partial charge < -0.3 is 5.32 Å². The van der Waals surface area contributed by atoms with Crippen molar-refractivity contribution in [3.63, 3.8) is 0 Å². The van der Waals surface area contributed by atoms with Gasteiger partial charge in [-0.25, -0.2) is 13.3 Å². The van der Waals surface area contributed by atoms with E-state index < -0.39 is 27.9 Å². The number of benzene rings is 2. The molecule has 1 fully saturated rings. The average molecular weight is 562 g/mol. The number of hydrogen-bond acceptors (Lipinski definition) is 6. The summed E-state index contributed by atoms with van der Waals surface area (Å²) in [7, 11) is -4.09. The molecule has 3 aromatic rings. The Labute approximate surface area is 209 Å². The van der Waals surface area contributed by atoms with E-state index in [0.29, 0.717) is 11.4 Å². The van der Waals surface area contributed by atoms with Crippen molar-refractivity contribution in [3.8, 4) is 0 Å². The van der Waals surface area contributed by atoms with E-state index in [-0.39, 0.29) is 23.8 Å². The van der Waals surface area contributed by atoms with Gasteiger partial charge in [-0.05, 0) is 60.0 Å². The smallest absolute Gasteiger partial charge is 0.252 e. The highest BCUT2D eigenvalue weighted by Crippen LogP contribution is 2.32. The number of sulfonamides is 1. The monoisotopic (exact) mass is 561 g/mol. The van der Waals surface area contributed by atoms with Gasteiger partial charge in [0.2, 0.25) is 21.8 Å². The number of nitrogens with zero attached hydrogens (tertiary/aromatic N) is 2. The fourth-order valence-electron chi connectivity index (χ4n) is 3.67. The van der Waals surface area contributed by atoms with Crippen LogP contribution in [-0.4, -0.2) is 36.5 Å². The van der Waals surface area contributed by atoms with Crippen LogP contribution in [0.5, 0.6) is 0 Å². The normalized spacial score (nSPS) is 16.3. The molecule has 1 aromatic heterocycles. The summed E-state index contributed by atoms with van der Waals surface area (Å²) in [4.78, 5) is 39.3. The van der Waals surface area contributed by atoms with Crippen LogP contribution in [0.4, 0.5) is 11.4 Å². The molecular formula is C23H20BrN3O5S2. The standard InChI is InChI=1S/C23H20BrN3O5S2/c1-15(28)25-17-6-8-18(9-7-17)27-22(29)13-21(23(27)30)26(14-19-3-2-12-33-19)34(31,32)20-10-4-16(24)5-11-20/h2-12,21H,13-14H2,1H3,(H,25,28). The molecule has 8 nitrogen and oxygen atoms in total. The lowest BCUT2D eigenvalue weighted by atomic mass is 10.2. The van der Waals surface area contributed by atoms with Crippen molar-refractivity contribution in [2.75, 3.05) is 10.2 Å². The van der Waals surface area contributed by atoms with Gasteiger partial charge in [-0.1, -0.05) is 22.0 Å². The second-order valence-corrected chi connectivity index (χ2v) is 11.4. The summed E-state index contributed by atoms with van der Waals surface area (Å²) in [6.07, 6.45) is -0.270. The zero-order valence-electron chi connectivity index (χ0n) is 18.0. The van der Waals surface area contributed by atoms with Crippen molar-refractivity contribution in [3.05, 3.63) is 75.4 Å². The van der Waals surface area contributed by atoms with E-state index in [9.17, 15) is 22.8 Å². The molecule has 0 bridgehead atoms. The number of imide groups is 1. The van der Waals surface area contributed by atoms with E-state index in [2.05, 4.69) is 21.2 Å². The summed E-state index contributed by atoms with van der Waals surface area (Å²) in [6.45, 7) is 1.34. The van der Waals surface area contributed by atoms with Crippen molar-refractivity contribution in [1.29, 1.82) is 0 Å². The molecule has 1 saturated heterocycles. The topological polar surface area (TPSA) is 104 Å². The van der Waals surface area contributed by atoms with E-state index in [1.54, 1.807) is 36.4 Å². The molecule has 0 aliphatic carbocycles. The predicted molar refractivity (Wildman–Crippen MR) is 133 cm³/mol. The van der Waals surface area contributed by atoms with Crippen LogP contribution in [0.3, 0.4) is 0 Å². The highest BCUT2D eigenvalue weighted by molar-refractivity contribution is 9.10. The Hall–Kier alpha value is -2.86. The molecule has 4 rings (SSSR count). The van der Waals surface area contributed by atoms with Crippen LogP contribution in [-0.2, 0) is 31.0 Å². The molecule has 1 aliphatic heterocycles. The molecule has 1 unspecified atom stereocenters. The van der Waals surface area contributed by atoms with Crippen LogP contribution >= 0.6 is 27.3 Å². The molecule has 0 saturated carbocycles. The largest absolute Gasteiger partial charge is 0.326 e. The lowest BCUT2D eigenvalue weighted by Crippen LogP contribution is -2.44. The molecule has 2 heterocycles. The molecule has 1 N–H and O–H groups in total. The SMILES string of the molecule is CC(=O)Nc1ccc(N2C(=O)CC(N(Cc3cccs3)S(=O)(=O)c3ccc(Br)cc3)C2=O)cc1. The zero-order valence-corrected chi connectivity index (χ0v) is 21.2. The van der Waals surface area contributed by atoms with Crippen LogP contribution in [0.15, 0.2) is 75.4 Å². The van der Waals surface area contributed by atoms with Crippen LogP contribution in [0, 0.1) is 0 Å². The molecule has 11 heteroatoms. The van der Waals surface area contributed by atoms with Crippen LogP contribution < -0.4 is 10.2 Å². The van der Waals surface area contributed by atoms with Crippen molar-refractivity contribution < 1.29 is 22.8 Å². The summed E-state index contributed by atoms with van der Waals surface area (Å²) in [5.41, 5.74) is 0.827. The van der Waals surface area contributed by atoms with Crippen LogP contribution in [0.1, 0.15) is 18.2 Å². The van der Waals surface area contributed by atoms with Crippen LogP contribution in [0.25, 0.3) is 0 Å². The summed E-state index contributed by atoms with van der Waals surface area (Å²) in [6, 6.07) is 14.8. The number of halogens is 1. The quantitative estimate of drug-likeness (QED) is 0.439. The maximum Gasteiger partial charge on any atom is 0.252 e. The number of carbonyl (C=O) groups is 3. The third-order valence-electron chi connectivity index (χ3n) is 5.23. The first kappa shape index (κ1) is 24.3. The van der Waals surface area contributed by atoms with E-state index in [0.717, 1.165) is 18.6 Å². The molecule has 176 valence electrons. The fourth-order valence-corrected chi connectivity index (χ4v) is 6.28. The first-order valence-electron chi connectivity index (χ1n) is 10.2. The van der Waals surface area contributed by atoms with E-state index in [4.69, 9.17) is 0 Å². The van der Waals surface area contributed by atoms with Gasteiger partial charge in [-0.15, -0.1) is 11.3 Å². The Balaban J connectivity index is 1.68. The van der Waals surface area contributed by atoms with Gasteiger partial charge in [0, 0.05) is 28.5 Å². The van der Waals surface area contributed by atoms with Gasteiger partial charge in [-0.2, -0.15) is 4.31 Å². The third kappa shape index (κ3) is 4.97. The second-order valence-electron chi connectivity index (χ2n) is 7.60. The number of carbonyl (C=O) groups excluding carboxylic acids is 3. The van der Waals surface area contributed by atoms with E-state index in [1.807, 2.05) is 5.38 Å². The minimum absolute atomic E-state index is 0.0327. The lowest BCUT2D eigenvalue weighted by molar-refractivity contribution is -0.122. The van der Waals surface area contributed by atoms with Gasteiger partial charge in [-0.3, -0.25) is 14.4 Å². The van der Waals surface area contributed by atoms with Gasteiger partial charge in [0.05, 0.1) is 17.0 Å². The second kappa shape index (κ2) is 9.79. The van der Waals surface area contributed by atoms with Gasteiger partial charge in [0.25, 0.3) is 5.91 Å². The number of thiophene rings is 1. The summed E-state index contributed by atoms with van der Waals surface area (Å²) in [5, 5.41) is 4.45. The summed E-state index contributed by atoms with van der Waals surface area (Å²) < 4.78 is 29.0. The van der Waals surface area contributed by atoms with Crippen molar-refractivity contribution >= 4 is 66.4 Å². The number of hydrogen-bond donors (Lipinski definition) is 1. The Morgan fingerprint density at radius 3 is 2.38 bits per heavy atom. The molecular weight excluding hydrogens is 542 g/mol. The molecule has 0 spiro atoms. The zero-order chi connectivity index (χ0) is 24.5. The molecule has 0 radical (unpaired) electrons. The number of amides is 3. The Kier molecular flexibility index (Phi) is 6.99. The molecule has 1 atom stereocenters. The first-order valence-corrected chi connectivity index (χ1v) is 13.3. The maximum atomic E-state index is 13.6. The average Bonchev–Trinajstić information content (AvgIpc) is 3.40. The number of anilines is 2. The summed E-state index contributed by atoms with van der Waals surface area (Å²) >= 11 is 4.67. The maximum absolute atomic E-state index is 13.6. The van der Waals surface area contributed by atoms with E-state index in [1.165, 1.54) is 42.5 Å².